The van der Waals surface area contributed by atoms with Gasteiger partial charge >= 0.3 is 0 Å². The molecular weight excluding hydrogens is 234 g/mol. The van der Waals surface area contributed by atoms with Crippen LogP contribution in [0.1, 0.15) is 90.9 Å². The first-order valence-corrected chi connectivity index (χ1v) is 8.44. The molecule has 0 aromatic heterocycles. The maximum atomic E-state index is 10.0. The van der Waals surface area contributed by atoms with Crippen molar-refractivity contribution in [2.45, 2.75) is 90.9 Å². The van der Waals surface area contributed by atoms with E-state index < -0.39 is 0 Å². The molecule has 19 heavy (non-hydrogen) atoms. The van der Waals surface area contributed by atoms with E-state index in [4.69, 9.17) is 0 Å². The smallest absolute Gasteiger partial charge is 0.207 e. The van der Waals surface area contributed by atoms with Crippen LogP contribution in [-0.2, 0) is 4.79 Å². The fourth-order valence-corrected chi connectivity index (χ4v) is 2.43. The summed E-state index contributed by atoms with van der Waals surface area (Å²) in [5.41, 5.74) is 0. The first-order chi connectivity index (χ1) is 9.27. The average molecular weight is 269 g/mol. The van der Waals surface area contributed by atoms with Gasteiger partial charge in [0.25, 0.3) is 0 Å². The maximum Gasteiger partial charge on any atom is 0.207 e. The van der Waals surface area contributed by atoms with Crippen LogP contribution < -0.4 is 5.32 Å². The molecule has 0 saturated carbocycles. The van der Waals surface area contributed by atoms with Crippen molar-refractivity contribution >= 4 is 6.41 Å². The van der Waals surface area contributed by atoms with Gasteiger partial charge in [-0.2, -0.15) is 0 Å². The number of amides is 1. The van der Waals surface area contributed by atoms with Crippen LogP contribution in [0.15, 0.2) is 0 Å². The van der Waals surface area contributed by atoms with E-state index >= 15 is 0 Å². The van der Waals surface area contributed by atoms with E-state index in [-0.39, 0.29) is 0 Å². The molecule has 0 atom stereocenters. The van der Waals surface area contributed by atoms with Gasteiger partial charge in [-0.15, -0.1) is 0 Å². The van der Waals surface area contributed by atoms with Crippen LogP contribution in [0.4, 0.5) is 0 Å². The molecule has 0 aliphatic carbocycles. The molecule has 0 radical (unpaired) electrons. The molecule has 0 heterocycles. The Morgan fingerprint density at radius 2 is 1.16 bits per heavy atom. The molecule has 0 aliphatic heterocycles. The van der Waals surface area contributed by atoms with Crippen molar-refractivity contribution in [3.63, 3.8) is 0 Å². The van der Waals surface area contributed by atoms with Gasteiger partial charge in [0.2, 0.25) is 6.41 Å². The highest BCUT2D eigenvalue weighted by Gasteiger charge is 1.95. The van der Waals surface area contributed by atoms with Crippen LogP contribution in [0, 0.1) is 5.92 Å². The van der Waals surface area contributed by atoms with Crippen LogP contribution >= 0.6 is 0 Å². The Hall–Kier alpha value is -0.530. The molecule has 114 valence electrons. The predicted molar refractivity (Wildman–Crippen MR) is 84.3 cm³/mol. The highest BCUT2D eigenvalue weighted by molar-refractivity contribution is 5.45. The van der Waals surface area contributed by atoms with Crippen molar-refractivity contribution in [3.05, 3.63) is 0 Å². The molecule has 0 aromatic rings. The molecule has 1 N–H and O–H groups in total. The zero-order valence-electron chi connectivity index (χ0n) is 13.3. The second kappa shape index (κ2) is 15.5. The average Bonchev–Trinajstić information content (AvgIpc) is 2.39. The molecule has 0 saturated heterocycles. The lowest BCUT2D eigenvalue weighted by atomic mass is 10.0. The first-order valence-electron chi connectivity index (χ1n) is 8.44. The van der Waals surface area contributed by atoms with Gasteiger partial charge in [0, 0.05) is 6.54 Å². The SMILES string of the molecule is CC(C)CCCCCCCCCCCCCNC=O. The summed E-state index contributed by atoms with van der Waals surface area (Å²) < 4.78 is 0. The zero-order valence-corrected chi connectivity index (χ0v) is 13.3. The number of unbranched alkanes of at least 4 members (excludes halogenated alkanes) is 10. The van der Waals surface area contributed by atoms with E-state index in [2.05, 4.69) is 19.2 Å². The molecule has 0 fully saturated rings. The van der Waals surface area contributed by atoms with Crippen molar-refractivity contribution < 1.29 is 4.79 Å². The zero-order chi connectivity index (χ0) is 14.2. The van der Waals surface area contributed by atoms with E-state index in [0.717, 1.165) is 25.3 Å². The monoisotopic (exact) mass is 269 g/mol. The largest absolute Gasteiger partial charge is 0.359 e. The van der Waals surface area contributed by atoms with Crippen molar-refractivity contribution in [1.29, 1.82) is 0 Å². The van der Waals surface area contributed by atoms with E-state index in [1.807, 2.05) is 0 Å². The summed E-state index contributed by atoms with van der Waals surface area (Å²) >= 11 is 0. The number of rotatable bonds is 15. The summed E-state index contributed by atoms with van der Waals surface area (Å²) in [6, 6.07) is 0. The normalized spacial score (nSPS) is 10.9. The third-order valence-corrected chi connectivity index (χ3v) is 3.69. The first kappa shape index (κ1) is 18.5. The molecule has 2 nitrogen and oxygen atoms in total. The molecule has 0 aromatic carbocycles. The maximum absolute atomic E-state index is 10.0. The third kappa shape index (κ3) is 17.5. The minimum absolute atomic E-state index is 0.793. The number of carbonyl (C=O) groups excluding carboxylic acids is 1. The number of hydrogen-bond acceptors (Lipinski definition) is 1. The van der Waals surface area contributed by atoms with Gasteiger partial charge in [0.1, 0.15) is 0 Å². The third-order valence-electron chi connectivity index (χ3n) is 3.69. The van der Waals surface area contributed by atoms with Gasteiger partial charge < -0.3 is 5.32 Å². The Labute approximate surface area is 120 Å². The van der Waals surface area contributed by atoms with E-state index in [0.29, 0.717) is 0 Å². The molecule has 0 unspecified atom stereocenters. The van der Waals surface area contributed by atoms with Crippen LogP contribution in [0.3, 0.4) is 0 Å². The Balaban J connectivity index is 2.93. The highest BCUT2D eigenvalue weighted by Crippen LogP contribution is 2.13. The quantitative estimate of drug-likeness (QED) is 0.326. The van der Waals surface area contributed by atoms with Gasteiger partial charge in [-0.25, -0.2) is 0 Å². The number of carbonyl (C=O) groups is 1. The molecule has 0 spiro atoms. The summed E-state index contributed by atoms with van der Waals surface area (Å²) in [5, 5.41) is 2.71. The lowest BCUT2D eigenvalue weighted by molar-refractivity contribution is -0.109. The van der Waals surface area contributed by atoms with Gasteiger partial charge in [-0.3, -0.25) is 4.79 Å². The van der Waals surface area contributed by atoms with Gasteiger partial charge in [0.15, 0.2) is 0 Å². The molecule has 0 aliphatic rings. The van der Waals surface area contributed by atoms with Crippen LogP contribution in [-0.4, -0.2) is 13.0 Å². The van der Waals surface area contributed by atoms with Gasteiger partial charge in [0.05, 0.1) is 0 Å². The summed E-state index contributed by atoms with van der Waals surface area (Å²) in [5.74, 6) is 0.877. The fourth-order valence-electron chi connectivity index (χ4n) is 2.43. The van der Waals surface area contributed by atoms with Crippen LogP contribution in [0.25, 0.3) is 0 Å². The standard InChI is InChI=1S/C17H35NO/c1-17(2)14-12-10-8-6-4-3-5-7-9-11-13-15-18-16-19/h16-17H,3-15H2,1-2H3,(H,18,19). The second-order valence-corrected chi connectivity index (χ2v) is 6.14. The predicted octanol–water partition coefficient (Wildman–Crippen LogP) is 5.07. The summed E-state index contributed by atoms with van der Waals surface area (Å²) in [6.07, 6.45) is 17.2. The second-order valence-electron chi connectivity index (χ2n) is 6.14. The van der Waals surface area contributed by atoms with Crippen LogP contribution in [0.5, 0.6) is 0 Å². The van der Waals surface area contributed by atoms with Gasteiger partial charge in [-0.05, 0) is 12.3 Å². The number of nitrogens with one attached hydrogen (secondary N) is 1. The Kier molecular flexibility index (Phi) is 15.1. The Morgan fingerprint density at radius 3 is 1.58 bits per heavy atom. The minimum Gasteiger partial charge on any atom is -0.359 e. The summed E-state index contributed by atoms with van der Waals surface area (Å²) in [4.78, 5) is 10.0. The molecular formula is C17H35NO. The minimum atomic E-state index is 0.793. The van der Waals surface area contributed by atoms with Crippen LogP contribution in [0.2, 0.25) is 0 Å². The summed E-state index contributed by atoms with van der Waals surface area (Å²) in [7, 11) is 0. The lowest BCUT2D eigenvalue weighted by Gasteiger charge is -2.04. The highest BCUT2D eigenvalue weighted by atomic mass is 16.1. The lowest BCUT2D eigenvalue weighted by Crippen LogP contribution is -2.11. The van der Waals surface area contributed by atoms with Crippen molar-refractivity contribution in [2.75, 3.05) is 6.54 Å². The molecule has 1 amide bonds. The molecule has 2 heteroatoms. The van der Waals surface area contributed by atoms with Crippen molar-refractivity contribution in [3.8, 4) is 0 Å². The molecule has 0 bridgehead atoms. The Morgan fingerprint density at radius 1 is 0.737 bits per heavy atom. The number of hydrogen-bond donors (Lipinski definition) is 1. The topological polar surface area (TPSA) is 29.1 Å². The van der Waals surface area contributed by atoms with Gasteiger partial charge in [-0.1, -0.05) is 84.5 Å². The van der Waals surface area contributed by atoms with Crippen molar-refractivity contribution in [2.24, 2.45) is 5.92 Å². The van der Waals surface area contributed by atoms with Crippen molar-refractivity contribution in [1.82, 2.24) is 5.32 Å². The van der Waals surface area contributed by atoms with E-state index in [1.54, 1.807) is 0 Å². The van der Waals surface area contributed by atoms with E-state index in [9.17, 15) is 4.79 Å². The fraction of sp³-hybridized carbons (Fsp3) is 0.941. The Bertz CT molecular complexity index is 180. The van der Waals surface area contributed by atoms with E-state index in [1.165, 1.54) is 70.6 Å². The summed E-state index contributed by atoms with van der Waals surface area (Å²) in [6.45, 7) is 5.48. The molecule has 0 rings (SSSR count).